The third kappa shape index (κ3) is 4.82. The van der Waals surface area contributed by atoms with E-state index in [9.17, 15) is 14.4 Å². The first-order valence-corrected chi connectivity index (χ1v) is 10.7. The Hall–Kier alpha value is -3.48. The van der Waals surface area contributed by atoms with E-state index >= 15 is 0 Å². The monoisotopic (exact) mass is 418 g/mol. The summed E-state index contributed by atoms with van der Waals surface area (Å²) in [4.78, 5) is 45.2. The maximum absolute atomic E-state index is 12.5. The average molecular weight is 418 g/mol. The van der Waals surface area contributed by atoms with Crippen LogP contribution in [0.2, 0.25) is 0 Å². The SMILES string of the molecule is O=C(CCCCCN1C(=O)N=C2C=CC=CC2C1=O)NCCc1c[nH]c2ccccc12. The van der Waals surface area contributed by atoms with Crippen molar-refractivity contribution in [3.8, 4) is 0 Å². The van der Waals surface area contributed by atoms with Crippen LogP contribution in [-0.2, 0) is 16.0 Å². The van der Waals surface area contributed by atoms with Crippen LogP contribution in [0.15, 0.2) is 59.8 Å². The van der Waals surface area contributed by atoms with Gasteiger partial charge in [-0.1, -0.05) is 42.8 Å². The maximum atomic E-state index is 12.5. The molecular weight excluding hydrogens is 392 g/mol. The molecule has 2 aromatic rings. The number of nitrogens with one attached hydrogen (secondary N) is 2. The van der Waals surface area contributed by atoms with Crippen LogP contribution in [0.4, 0.5) is 4.79 Å². The van der Waals surface area contributed by atoms with Gasteiger partial charge < -0.3 is 10.3 Å². The summed E-state index contributed by atoms with van der Waals surface area (Å²) < 4.78 is 0. The van der Waals surface area contributed by atoms with Gasteiger partial charge in [-0.3, -0.25) is 14.5 Å². The van der Waals surface area contributed by atoms with Crippen LogP contribution in [0.3, 0.4) is 0 Å². The van der Waals surface area contributed by atoms with Crippen LogP contribution in [-0.4, -0.2) is 46.5 Å². The molecule has 0 radical (unpaired) electrons. The zero-order valence-electron chi connectivity index (χ0n) is 17.3. The van der Waals surface area contributed by atoms with E-state index in [1.165, 1.54) is 15.8 Å². The van der Waals surface area contributed by atoms with Crippen molar-refractivity contribution in [1.29, 1.82) is 0 Å². The molecule has 0 saturated carbocycles. The Labute approximate surface area is 180 Å². The van der Waals surface area contributed by atoms with Crippen molar-refractivity contribution in [2.45, 2.75) is 32.1 Å². The highest BCUT2D eigenvalue weighted by atomic mass is 16.2. The van der Waals surface area contributed by atoms with Crippen molar-refractivity contribution in [3.05, 3.63) is 60.3 Å². The summed E-state index contributed by atoms with van der Waals surface area (Å²) in [7, 11) is 0. The number of urea groups is 1. The van der Waals surface area contributed by atoms with Crippen LogP contribution >= 0.6 is 0 Å². The maximum Gasteiger partial charge on any atom is 0.350 e. The van der Waals surface area contributed by atoms with Crippen molar-refractivity contribution in [2.75, 3.05) is 13.1 Å². The molecule has 0 fully saturated rings. The number of rotatable bonds is 9. The lowest BCUT2D eigenvalue weighted by Gasteiger charge is -2.28. The molecule has 1 aromatic heterocycles. The lowest BCUT2D eigenvalue weighted by atomic mass is 9.95. The topological polar surface area (TPSA) is 94.6 Å². The second kappa shape index (κ2) is 9.55. The van der Waals surface area contributed by atoms with Crippen LogP contribution in [0.5, 0.6) is 0 Å². The smallest absolute Gasteiger partial charge is 0.350 e. The molecule has 2 aliphatic rings. The summed E-state index contributed by atoms with van der Waals surface area (Å²) in [6.07, 6.45) is 12.4. The first kappa shape index (κ1) is 20.8. The molecule has 1 aliphatic heterocycles. The number of aromatic nitrogens is 1. The highest BCUT2D eigenvalue weighted by Crippen LogP contribution is 2.20. The zero-order valence-corrected chi connectivity index (χ0v) is 17.3. The van der Waals surface area contributed by atoms with Crippen LogP contribution in [0.25, 0.3) is 10.9 Å². The summed E-state index contributed by atoms with van der Waals surface area (Å²) in [6.45, 7) is 0.936. The summed E-state index contributed by atoms with van der Waals surface area (Å²) in [5.74, 6) is -0.644. The number of allylic oxidation sites excluding steroid dienone is 3. The first-order valence-electron chi connectivity index (χ1n) is 10.7. The summed E-state index contributed by atoms with van der Waals surface area (Å²) >= 11 is 0. The number of aromatic amines is 1. The van der Waals surface area contributed by atoms with Gasteiger partial charge in [0.05, 0.1) is 11.6 Å². The fourth-order valence-electron chi connectivity index (χ4n) is 3.98. The fourth-order valence-corrected chi connectivity index (χ4v) is 3.98. The lowest BCUT2D eigenvalue weighted by Crippen LogP contribution is -2.46. The summed E-state index contributed by atoms with van der Waals surface area (Å²) in [5.41, 5.74) is 2.81. The number of carbonyl (C=O) groups is 3. The number of imide groups is 1. The van der Waals surface area contributed by atoms with E-state index in [2.05, 4.69) is 21.4 Å². The highest BCUT2D eigenvalue weighted by Gasteiger charge is 2.35. The molecule has 7 nitrogen and oxygen atoms in total. The molecule has 0 spiro atoms. The van der Waals surface area contributed by atoms with Gasteiger partial charge in [0, 0.05) is 36.6 Å². The quantitative estimate of drug-likeness (QED) is 0.610. The van der Waals surface area contributed by atoms with Gasteiger partial charge in [-0.05, 0) is 37.0 Å². The number of H-pyrrole nitrogens is 1. The van der Waals surface area contributed by atoms with Crippen LogP contribution in [0, 0.1) is 5.92 Å². The average Bonchev–Trinajstić information content (AvgIpc) is 3.19. The van der Waals surface area contributed by atoms with Crippen molar-refractivity contribution in [2.24, 2.45) is 10.9 Å². The Kier molecular flexibility index (Phi) is 6.40. The van der Waals surface area contributed by atoms with E-state index in [0.717, 1.165) is 24.8 Å². The van der Waals surface area contributed by atoms with Crippen molar-refractivity contribution in [3.63, 3.8) is 0 Å². The number of fused-ring (bicyclic) bond motifs is 2. The number of benzene rings is 1. The van der Waals surface area contributed by atoms with Gasteiger partial charge in [0.2, 0.25) is 11.8 Å². The Balaban J connectivity index is 1.13. The minimum absolute atomic E-state index is 0.0262. The lowest BCUT2D eigenvalue weighted by molar-refractivity contribution is -0.129. The Morgan fingerprint density at radius 2 is 2.00 bits per heavy atom. The third-order valence-electron chi connectivity index (χ3n) is 5.67. The van der Waals surface area contributed by atoms with E-state index in [1.807, 2.05) is 24.4 Å². The Morgan fingerprint density at radius 1 is 1.13 bits per heavy atom. The van der Waals surface area contributed by atoms with Crippen LogP contribution < -0.4 is 5.32 Å². The summed E-state index contributed by atoms with van der Waals surface area (Å²) in [6, 6.07) is 7.63. The van der Waals surface area contributed by atoms with Crippen molar-refractivity contribution in [1.82, 2.24) is 15.2 Å². The van der Waals surface area contributed by atoms with Crippen molar-refractivity contribution >= 4 is 34.5 Å². The Morgan fingerprint density at radius 3 is 2.90 bits per heavy atom. The van der Waals surface area contributed by atoms with E-state index in [-0.39, 0.29) is 11.8 Å². The number of amides is 4. The van der Waals surface area contributed by atoms with Gasteiger partial charge in [-0.15, -0.1) is 0 Å². The molecule has 1 unspecified atom stereocenters. The molecule has 0 bridgehead atoms. The first-order chi connectivity index (χ1) is 15.1. The minimum Gasteiger partial charge on any atom is -0.361 e. The molecule has 1 aromatic carbocycles. The molecule has 31 heavy (non-hydrogen) atoms. The number of hydrogen-bond donors (Lipinski definition) is 2. The molecule has 7 heteroatoms. The largest absolute Gasteiger partial charge is 0.361 e. The molecule has 1 aliphatic carbocycles. The van der Waals surface area contributed by atoms with E-state index in [0.29, 0.717) is 31.6 Å². The highest BCUT2D eigenvalue weighted by molar-refractivity contribution is 6.21. The minimum atomic E-state index is -0.494. The van der Waals surface area contributed by atoms with E-state index in [4.69, 9.17) is 0 Å². The normalized spacial score (nSPS) is 17.7. The fraction of sp³-hybridized carbons (Fsp3) is 0.333. The van der Waals surface area contributed by atoms with Gasteiger partial charge in [-0.25, -0.2) is 4.79 Å². The molecule has 4 rings (SSSR count). The number of hydrogen-bond acceptors (Lipinski definition) is 3. The van der Waals surface area contributed by atoms with Crippen LogP contribution in [0.1, 0.15) is 31.2 Å². The third-order valence-corrected chi connectivity index (χ3v) is 5.67. The van der Waals surface area contributed by atoms with Gasteiger partial charge in [0.15, 0.2) is 0 Å². The van der Waals surface area contributed by atoms with Crippen molar-refractivity contribution < 1.29 is 14.4 Å². The number of unbranched alkanes of at least 4 members (excludes halogenated alkanes) is 2. The molecule has 2 heterocycles. The number of aliphatic imine (C=N–C) groups is 1. The predicted octanol–water partition coefficient (Wildman–Crippen LogP) is 3.53. The molecule has 4 amide bonds. The van der Waals surface area contributed by atoms with E-state index in [1.54, 1.807) is 24.3 Å². The zero-order chi connectivity index (χ0) is 21.6. The summed E-state index contributed by atoms with van der Waals surface area (Å²) in [5, 5.41) is 4.16. The molecule has 160 valence electrons. The van der Waals surface area contributed by atoms with Gasteiger partial charge in [0.1, 0.15) is 0 Å². The second-order valence-corrected chi connectivity index (χ2v) is 7.80. The number of nitrogens with zero attached hydrogens (tertiary/aromatic N) is 2. The standard InChI is InChI=1S/C24H26N4O3/c29-22(25-14-13-17-16-26-20-10-5-3-8-18(17)20)12-2-1-7-15-28-23(30)19-9-4-6-11-21(19)27-24(28)31/h3-6,8-11,16,19,26H,1-2,7,12-15H2,(H,25,29). The van der Waals surface area contributed by atoms with Gasteiger partial charge in [0.25, 0.3) is 0 Å². The number of para-hydroxylation sites is 1. The second-order valence-electron chi connectivity index (χ2n) is 7.80. The predicted molar refractivity (Wildman–Crippen MR) is 120 cm³/mol. The van der Waals surface area contributed by atoms with E-state index < -0.39 is 11.9 Å². The van der Waals surface area contributed by atoms with Gasteiger partial charge >= 0.3 is 6.03 Å². The molecule has 0 saturated heterocycles. The molecule has 2 N–H and O–H groups in total. The Bertz CT molecular complexity index is 1080. The van der Waals surface area contributed by atoms with Gasteiger partial charge in [-0.2, -0.15) is 4.99 Å². The molecular formula is C24H26N4O3. The molecule has 1 atom stereocenters. The number of carbonyl (C=O) groups excluding carboxylic acids is 3.